The van der Waals surface area contributed by atoms with Crippen LogP contribution < -0.4 is 5.32 Å². The second-order valence-electron chi connectivity index (χ2n) is 23.9. The molecule has 0 rings (SSSR count). The normalized spacial score (nSPS) is 12.7. The summed E-state index contributed by atoms with van der Waals surface area (Å²) in [5.41, 5.74) is 0. The van der Waals surface area contributed by atoms with E-state index in [2.05, 4.69) is 43.5 Å². The van der Waals surface area contributed by atoms with Crippen molar-refractivity contribution in [2.75, 3.05) is 13.2 Å². The minimum Gasteiger partial charge on any atom is -0.466 e. The quantitative estimate of drug-likeness (QED) is 0.0320. The van der Waals surface area contributed by atoms with Gasteiger partial charge in [-0.3, -0.25) is 9.59 Å². The molecule has 0 bridgehead atoms. The van der Waals surface area contributed by atoms with E-state index in [0.29, 0.717) is 19.4 Å². The summed E-state index contributed by atoms with van der Waals surface area (Å²) in [7, 11) is 0. The number of esters is 1. The topological polar surface area (TPSA) is 95.9 Å². The van der Waals surface area contributed by atoms with Crippen LogP contribution in [0, 0.1) is 0 Å². The third-order valence-corrected chi connectivity index (χ3v) is 16.1. The van der Waals surface area contributed by atoms with E-state index >= 15 is 0 Å². The Balaban J connectivity index is 3.32. The van der Waals surface area contributed by atoms with Crippen LogP contribution >= 0.6 is 0 Å². The predicted molar refractivity (Wildman–Crippen MR) is 338 cm³/mol. The van der Waals surface area contributed by atoms with Gasteiger partial charge in [0.05, 0.1) is 25.4 Å². The average Bonchev–Trinajstić information content (AvgIpc) is 3.43. The van der Waals surface area contributed by atoms with Crippen molar-refractivity contribution in [1.82, 2.24) is 5.32 Å². The van der Waals surface area contributed by atoms with E-state index in [1.54, 1.807) is 6.08 Å². The van der Waals surface area contributed by atoms with Gasteiger partial charge in [0, 0.05) is 12.8 Å². The van der Waals surface area contributed by atoms with E-state index in [1.165, 1.54) is 308 Å². The first-order valence-corrected chi connectivity index (χ1v) is 34.8. The first kappa shape index (κ1) is 75.1. The van der Waals surface area contributed by atoms with Gasteiger partial charge >= 0.3 is 5.97 Å². The molecule has 0 aliphatic heterocycles. The van der Waals surface area contributed by atoms with Crippen LogP contribution in [0.5, 0.6) is 0 Å². The first-order valence-electron chi connectivity index (χ1n) is 34.8. The van der Waals surface area contributed by atoms with Gasteiger partial charge in [0.2, 0.25) is 5.91 Å². The third kappa shape index (κ3) is 63.1. The lowest BCUT2D eigenvalue weighted by molar-refractivity contribution is -0.143. The van der Waals surface area contributed by atoms with Crippen molar-refractivity contribution in [2.24, 2.45) is 0 Å². The van der Waals surface area contributed by atoms with Gasteiger partial charge in [-0.25, -0.2) is 0 Å². The molecule has 0 saturated heterocycles. The zero-order valence-corrected chi connectivity index (χ0v) is 52.0. The van der Waals surface area contributed by atoms with Crippen LogP contribution in [0.1, 0.15) is 380 Å². The molecule has 6 nitrogen and oxygen atoms in total. The molecule has 0 fully saturated rings. The van der Waals surface area contributed by atoms with Crippen LogP contribution in [0.4, 0.5) is 0 Å². The van der Waals surface area contributed by atoms with E-state index < -0.39 is 12.1 Å². The molecule has 454 valence electrons. The number of aliphatic hydroxyl groups excluding tert-OH is 2. The van der Waals surface area contributed by atoms with E-state index in [-0.39, 0.29) is 18.5 Å². The van der Waals surface area contributed by atoms with Gasteiger partial charge in [-0.15, -0.1) is 0 Å². The molecule has 0 aromatic carbocycles. The molecule has 6 heteroatoms. The summed E-state index contributed by atoms with van der Waals surface area (Å²) < 4.78 is 5.48. The molecule has 2 atom stereocenters. The summed E-state index contributed by atoms with van der Waals surface area (Å²) in [6, 6.07) is -0.623. The van der Waals surface area contributed by atoms with Crippen LogP contribution in [0.3, 0.4) is 0 Å². The van der Waals surface area contributed by atoms with Crippen molar-refractivity contribution in [2.45, 2.75) is 392 Å². The molecule has 0 aliphatic carbocycles. The second kappa shape index (κ2) is 66.6. The van der Waals surface area contributed by atoms with Gasteiger partial charge in [-0.2, -0.15) is 0 Å². The number of nitrogens with one attached hydrogen (secondary N) is 1. The van der Waals surface area contributed by atoms with Crippen molar-refractivity contribution >= 4 is 11.9 Å². The summed E-state index contributed by atoms with van der Waals surface area (Å²) in [6.45, 7) is 4.89. The number of allylic oxidation sites excluding steroid dienone is 5. The first-order chi connectivity index (χ1) is 38.0. The molecule has 0 aromatic heterocycles. The molecule has 0 aliphatic rings. The Bertz CT molecular complexity index is 1250. The van der Waals surface area contributed by atoms with Crippen LogP contribution in [0.15, 0.2) is 36.5 Å². The summed E-state index contributed by atoms with van der Waals surface area (Å²) >= 11 is 0. The Morgan fingerprint density at radius 3 is 0.935 bits per heavy atom. The van der Waals surface area contributed by atoms with Gasteiger partial charge in [0.1, 0.15) is 0 Å². The third-order valence-electron chi connectivity index (χ3n) is 16.1. The molecule has 0 radical (unpaired) electrons. The average molecular weight is 1080 g/mol. The van der Waals surface area contributed by atoms with Gasteiger partial charge in [-0.05, 0) is 83.5 Å². The molecular formula is C71H135NO5. The van der Waals surface area contributed by atoms with E-state index in [9.17, 15) is 19.8 Å². The number of amides is 1. The van der Waals surface area contributed by atoms with Crippen LogP contribution in [0.2, 0.25) is 0 Å². The lowest BCUT2D eigenvalue weighted by Gasteiger charge is -2.20. The van der Waals surface area contributed by atoms with Crippen LogP contribution in [-0.4, -0.2) is 47.4 Å². The minimum absolute atomic E-state index is 0.0120. The van der Waals surface area contributed by atoms with Crippen molar-refractivity contribution < 1.29 is 24.5 Å². The molecule has 0 spiro atoms. The zero-order valence-electron chi connectivity index (χ0n) is 52.0. The highest BCUT2D eigenvalue weighted by Gasteiger charge is 2.18. The zero-order chi connectivity index (χ0) is 55.7. The van der Waals surface area contributed by atoms with Crippen molar-refractivity contribution in [3.63, 3.8) is 0 Å². The maximum atomic E-state index is 12.4. The van der Waals surface area contributed by atoms with Crippen molar-refractivity contribution in [1.29, 1.82) is 0 Å². The second-order valence-corrected chi connectivity index (χ2v) is 23.9. The van der Waals surface area contributed by atoms with Crippen LogP contribution in [0.25, 0.3) is 0 Å². The lowest BCUT2D eigenvalue weighted by Crippen LogP contribution is -2.45. The number of carbonyl (C=O) groups is 2. The molecule has 3 N–H and O–H groups in total. The fraction of sp³-hybridized carbons (Fsp3) is 0.887. The number of carbonyl (C=O) groups excluding carboxylic acids is 2. The van der Waals surface area contributed by atoms with Crippen molar-refractivity contribution in [3.8, 4) is 0 Å². The highest BCUT2D eigenvalue weighted by Crippen LogP contribution is 2.18. The minimum atomic E-state index is -0.839. The van der Waals surface area contributed by atoms with Gasteiger partial charge < -0.3 is 20.3 Å². The Labute approximate surface area is 481 Å². The highest BCUT2D eigenvalue weighted by molar-refractivity contribution is 5.76. The molecule has 77 heavy (non-hydrogen) atoms. The monoisotopic (exact) mass is 1080 g/mol. The number of ether oxygens (including phenoxy) is 1. The standard InChI is InChI=1S/C71H135NO5/c1-3-5-7-9-11-13-15-41-45-49-53-57-61-65-71(76)77-66-62-58-54-50-46-43-40-38-36-34-32-30-28-26-24-22-20-18-16-17-19-21-23-25-27-29-31-33-35-37-39-42-44-48-52-56-60-64-70(75)72-68(67-73)69(74)63-59-55-51-47-14-12-10-8-6-4-2/h13,15-16,18,59,63,68-69,73-74H,3-12,14,17,19-58,60-62,64-67H2,1-2H3,(H,72,75)/b15-13-,18-16-,63-59+. The van der Waals surface area contributed by atoms with Crippen LogP contribution in [-0.2, 0) is 14.3 Å². The fourth-order valence-corrected chi connectivity index (χ4v) is 10.8. The molecule has 0 heterocycles. The van der Waals surface area contributed by atoms with E-state index in [4.69, 9.17) is 4.74 Å². The molecular weight excluding hydrogens is 947 g/mol. The maximum Gasteiger partial charge on any atom is 0.305 e. The number of aliphatic hydroxyl groups is 2. The van der Waals surface area contributed by atoms with E-state index in [0.717, 1.165) is 44.9 Å². The van der Waals surface area contributed by atoms with Gasteiger partial charge in [0.25, 0.3) is 0 Å². The Morgan fingerprint density at radius 2 is 0.610 bits per heavy atom. The highest BCUT2D eigenvalue weighted by atomic mass is 16.5. The fourth-order valence-electron chi connectivity index (χ4n) is 10.8. The van der Waals surface area contributed by atoms with Gasteiger partial charge in [-0.1, -0.05) is 320 Å². The summed E-state index contributed by atoms with van der Waals surface area (Å²) in [5, 5.41) is 23.0. The number of hydrogen-bond donors (Lipinski definition) is 3. The van der Waals surface area contributed by atoms with Gasteiger partial charge in [0.15, 0.2) is 0 Å². The molecule has 0 saturated carbocycles. The Kier molecular flexibility index (Phi) is 64.9. The predicted octanol–water partition coefficient (Wildman–Crippen LogP) is 22.3. The molecule has 1 amide bonds. The number of unbranched alkanes of at least 4 members (excludes halogenated alkanes) is 50. The Morgan fingerprint density at radius 1 is 0.351 bits per heavy atom. The largest absolute Gasteiger partial charge is 0.466 e. The summed E-state index contributed by atoms with van der Waals surface area (Å²) in [4.78, 5) is 24.5. The van der Waals surface area contributed by atoms with Crippen molar-refractivity contribution in [3.05, 3.63) is 36.5 Å². The SMILES string of the molecule is CCCCCC/C=C\CCCCCCCC(=O)OCCCCCCCCCCCCCCCCCC/C=C\CCCCCCCCCCCCCCCCCCCC(=O)NC(CO)C(O)/C=C/CCCCCCCCCC. The Hall–Kier alpha value is -1.92. The maximum absolute atomic E-state index is 12.4. The molecule has 2 unspecified atom stereocenters. The summed E-state index contributed by atoms with van der Waals surface area (Å²) in [5.74, 6) is -0.0527. The summed E-state index contributed by atoms with van der Waals surface area (Å²) in [6.07, 6.45) is 85.3. The lowest BCUT2D eigenvalue weighted by atomic mass is 10.0. The smallest absolute Gasteiger partial charge is 0.305 e. The molecule has 0 aromatic rings. The number of hydrogen-bond acceptors (Lipinski definition) is 5. The number of rotatable bonds is 65. The van der Waals surface area contributed by atoms with E-state index in [1.807, 2.05) is 6.08 Å².